The lowest BCUT2D eigenvalue weighted by atomic mass is 9.88. The SMILES string of the molecule is CCOc1ccc(C(=O)NC(C)(CN)C(C)C)cc1OC.Cl. The van der Waals surface area contributed by atoms with Gasteiger partial charge in [-0.1, -0.05) is 13.8 Å². The highest BCUT2D eigenvalue weighted by atomic mass is 35.5. The van der Waals surface area contributed by atoms with Gasteiger partial charge in [-0.25, -0.2) is 0 Å². The van der Waals surface area contributed by atoms with E-state index in [4.69, 9.17) is 15.2 Å². The molecule has 0 aromatic heterocycles. The third-order valence-electron chi connectivity index (χ3n) is 3.82. The van der Waals surface area contributed by atoms with Crippen molar-refractivity contribution < 1.29 is 14.3 Å². The molecule has 0 saturated heterocycles. The average Bonchev–Trinajstić information content (AvgIpc) is 2.47. The van der Waals surface area contributed by atoms with Crippen LogP contribution in [0.3, 0.4) is 0 Å². The van der Waals surface area contributed by atoms with Crippen LogP contribution in [0.25, 0.3) is 0 Å². The molecule has 0 fully saturated rings. The van der Waals surface area contributed by atoms with Gasteiger partial charge in [0.25, 0.3) is 5.91 Å². The van der Waals surface area contributed by atoms with Gasteiger partial charge in [0.2, 0.25) is 0 Å². The predicted molar refractivity (Wildman–Crippen MR) is 91.2 cm³/mol. The van der Waals surface area contributed by atoms with E-state index in [2.05, 4.69) is 5.32 Å². The highest BCUT2D eigenvalue weighted by Gasteiger charge is 2.29. The molecule has 5 nitrogen and oxygen atoms in total. The number of rotatable bonds is 7. The lowest BCUT2D eigenvalue weighted by Gasteiger charge is -2.33. The number of carbonyl (C=O) groups is 1. The predicted octanol–water partition coefficient (Wildman–Crippen LogP) is 2.62. The summed E-state index contributed by atoms with van der Waals surface area (Å²) in [5.74, 6) is 1.24. The fourth-order valence-corrected chi connectivity index (χ4v) is 1.85. The molecule has 0 heterocycles. The lowest BCUT2D eigenvalue weighted by molar-refractivity contribution is 0.0883. The van der Waals surface area contributed by atoms with Gasteiger partial charge in [-0.15, -0.1) is 12.4 Å². The van der Waals surface area contributed by atoms with Crippen molar-refractivity contribution >= 4 is 18.3 Å². The average molecular weight is 331 g/mol. The van der Waals surface area contributed by atoms with Crippen molar-refractivity contribution in [2.45, 2.75) is 33.2 Å². The summed E-state index contributed by atoms with van der Waals surface area (Å²) in [5, 5.41) is 3.00. The number of benzene rings is 1. The largest absolute Gasteiger partial charge is 0.493 e. The Kier molecular flexibility index (Phi) is 8.27. The first-order valence-corrected chi connectivity index (χ1v) is 7.21. The van der Waals surface area contributed by atoms with Crippen molar-refractivity contribution in [2.75, 3.05) is 20.3 Å². The molecule has 0 bridgehead atoms. The molecule has 22 heavy (non-hydrogen) atoms. The maximum Gasteiger partial charge on any atom is 0.251 e. The van der Waals surface area contributed by atoms with Gasteiger partial charge < -0.3 is 20.5 Å². The molecule has 1 amide bonds. The number of hydrogen-bond acceptors (Lipinski definition) is 4. The van der Waals surface area contributed by atoms with Crippen LogP contribution in [0.15, 0.2) is 18.2 Å². The van der Waals surface area contributed by atoms with Crippen LogP contribution in [0, 0.1) is 5.92 Å². The molecule has 0 aliphatic rings. The molecule has 1 aromatic rings. The van der Waals surface area contributed by atoms with Crippen LogP contribution in [-0.2, 0) is 0 Å². The number of halogens is 1. The lowest BCUT2D eigenvalue weighted by Crippen LogP contribution is -2.55. The summed E-state index contributed by atoms with van der Waals surface area (Å²) in [6.45, 7) is 8.83. The fourth-order valence-electron chi connectivity index (χ4n) is 1.85. The van der Waals surface area contributed by atoms with E-state index in [9.17, 15) is 4.79 Å². The Morgan fingerprint density at radius 1 is 1.36 bits per heavy atom. The highest BCUT2D eigenvalue weighted by molar-refractivity contribution is 5.95. The molecule has 1 unspecified atom stereocenters. The summed E-state index contributed by atoms with van der Waals surface area (Å²) in [7, 11) is 1.55. The second-order valence-electron chi connectivity index (χ2n) is 5.53. The van der Waals surface area contributed by atoms with Gasteiger partial charge >= 0.3 is 0 Å². The zero-order valence-electron chi connectivity index (χ0n) is 13.9. The van der Waals surface area contributed by atoms with Crippen molar-refractivity contribution in [1.29, 1.82) is 0 Å². The fraction of sp³-hybridized carbons (Fsp3) is 0.562. The van der Waals surface area contributed by atoms with Gasteiger partial charge in [0, 0.05) is 12.1 Å². The minimum Gasteiger partial charge on any atom is -0.493 e. The summed E-state index contributed by atoms with van der Waals surface area (Å²) in [6, 6.07) is 5.14. The van der Waals surface area contributed by atoms with E-state index in [-0.39, 0.29) is 24.2 Å². The van der Waals surface area contributed by atoms with Crippen LogP contribution in [0.5, 0.6) is 11.5 Å². The topological polar surface area (TPSA) is 73.6 Å². The summed E-state index contributed by atoms with van der Waals surface area (Å²) >= 11 is 0. The number of amides is 1. The molecule has 0 radical (unpaired) electrons. The summed E-state index contributed by atoms with van der Waals surface area (Å²) in [5.41, 5.74) is 5.88. The van der Waals surface area contributed by atoms with Crippen LogP contribution >= 0.6 is 12.4 Å². The molecule has 6 heteroatoms. The Balaban J connectivity index is 0.00000441. The van der Waals surface area contributed by atoms with E-state index in [0.717, 1.165) is 0 Å². The van der Waals surface area contributed by atoms with Gasteiger partial charge in [-0.3, -0.25) is 4.79 Å². The van der Waals surface area contributed by atoms with Crippen LogP contribution < -0.4 is 20.5 Å². The van der Waals surface area contributed by atoms with E-state index < -0.39 is 5.54 Å². The third-order valence-corrected chi connectivity index (χ3v) is 3.82. The number of hydrogen-bond donors (Lipinski definition) is 2. The summed E-state index contributed by atoms with van der Waals surface area (Å²) in [4.78, 5) is 12.4. The van der Waals surface area contributed by atoms with Crippen molar-refractivity contribution in [2.24, 2.45) is 11.7 Å². The van der Waals surface area contributed by atoms with E-state index in [1.807, 2.05) is 27.7 Å². The molecular formula is C16H27ClN2O3. The van der Waals surface area contributed by atoms with E-state index in [0.29, 0.717) is 30.2 Å². The van der Waals surface area contributed by atoms with Crippen molar-refractivity contribution in [3.63, 3.8) is 0 Å². The molecule has 1 rings (SSSR count). The van der Waals surface area contributed by atoms with Crippen molar-refractivity contribution in [1.82, 2.24) is 5.32 Å². The summed E-state index contributed by atoms with van der Waals surface area (Å²) < 4.78 is 10.7. The third kappa shape index (κ3) is 4.78. The molecule has 126 valence electrons. The number of nitrogens with two attached hydrogens (primary N) is 1. The second-order valence-corrected chi connectivity index (χ2v) is 5.53. The van der Waals surface area contributed by atoms with Crippen molar-refractivity contribution in [3.8, 4) is 11.5 Å². The molecule has 0 aliphatic carbocycles. The first-order valence-electron chi connectivity index (χ1n) is 7.21. The maximum absolute atomic E-state index is 12.4. The number of ether oxygens (including phenoxy) is 2. The maximum atomic E-state index is 12.4. The monoisotopic (exact) mass is 330 g/mol. The molecular weight excluding hydrogens is 304 g/mol. The molecule has 0 spiro atoms. The highest BCUT2D eigenvalue weighted by Crippen LogP contribution is 2.28. The standard InChI is InChI=1S/C16H26N2O3.ClH/c1-6-21-13-8-7-12(9-14(13)20-5)15(19)18-16(4,10-17)11(2)3;/h7-9,11H,6,10,17H2,1-5H3,(H,18,19);1H. The van der Waals surface area contributed by atoms with Crippen LogP contribution in [0.1, 0.15) is 38.1 Å². The summed E-state index contributed by atoms with van der Waals surface area (Å²) in [6.07, 6.45) is 0. The number of carbonyl (C=O) groups excluding carboxylic acids is 1. The van der Waals surface area contributed by atoms with E-state index >= 15 is 0 Å². The van der Waals surface area contributed by atoms with Crippen LogP contribution in [0.4, 0.5) is 0 Å². The molecule has 0 aliphatic heterocycles. The Labute approximate surface area is 139 Å². The molecule has 1 aromatic carbocycles. The van der Waals surface area contributed by atoms with Gasteiger partial charge in [0.1, 0.15) is 0 Å². The van der Waals surface area contributed by atoms with Gasteiger partial charge in [-0.05, 0) is 38.0 Å². The molecule has 3 N–H and O–H groups in total. The Hall–Kier alpha value is -1.46. The second kappa shape index (κ2) is 8.86. The van der Waals surface area contributed by atoms with E-state index in [1.54, 1.807) is 25.3 Å². The Morgan fingerprint density at radius 2 is 2.00 bits per heavy atom. The van der Waals surface area contributed by atoms with Gasteiger partial charge in [-0.2, -0.15) is 0 Å². The minimum absolute atomic E-state index is 0. The number of methoxy groups -OCH3 is 1. The van der Waals surface area contributed by atoms with Gasteiger partial charge in [0.05, 0.1) is 19.3 Å². The minimum atomic E-state index is -0.442. The zero-order chi connectivity index (χ0) is 16.0. The molecule has 1 atom stereocenters. The number of nitrogens with one attached hydrogen (secondary N) is 1. The first-order chi connectivity index (χ1) is 9.87. The van der Waals surface area contributed by atoms with Crippen LogP contribution in [-0.4, -0.2) is 31.7 Å². The Bertz CT molecular complexity index is 494. The molecule has 0 saturated carbocycles. The quantitative estimate of drug-likeness (QED) is 0.806. The smallest absolute Gasteiger partial charge is 0.251 e. The van der Waals surface area contributed by atoms with Crippen molar-refractivity contribution in [3.05, 3.63) is 23.8 Å². The zero-order valence-corrected chi connectivity index (χ0v) is 14.8. The normalized spacial score (nSPS) is 13.0. The first kappa shape index (κ1) is 20.5. The van der Waals surface area contributed by atoms with Crippen LogP contribution in [0.2, 0.25) is 0 Å². The van der Waals surface area contributed by atoms with E-state index in [1.165, 1.54) is 0 Å². The van der Waals surface area contributed by atoms with Gasteiger partial charge in [0.15, 0.2) is 11.5 Å². The Morgan fingerprint density at radius 3 is 2.45 bits per heavy atom.